The number of benzene rings is 1. The van der Waals surface area contributed by atoms with E-state index in [4.69, 9.17) is 0 Å². The van der Waals surface area contributed by atoms with Crippen LogP contribution in [0.25, 0.3) is 0 Å². The standard InChI is InChI=1S/C26H37N3O4S/c1-24(2,3)28-22(32)20-26-13-12-25(4,34-26)18(19(26)23(33)29(20)14-8-9-15-30)21(31)27-16-17-10-6-5-7-11-17/h5-7,10-11,18-20,30H,8-9,12-16H2,1-4H3,(H,27,31)(H,28,32)/t18-,19+,20?,25+,26?/m1/s1. The molecule has 3 heterocycles. The Morgan fingerprint density at radius 2 is 1.85 bits per heavy atom. The van der Waals surface area contributed by atoms with Gasteiger partial charge in [-0.05, 0) is 58.9 Å². The predicted octanol–water partition coefficient (Wildman–Crippen LogP) is 2.47. The van der Waals surface area contributed by atoms with Crippen molar-refractivity contribution in [2.24, 2.45) is 11.8 Å². The first-order valence-electron chi connectivity index (χ1n) is 12.3. The fourth-order valence-electron chi connectivity index (χ4n) is 6.09. The highest BCUT2D eigenvalue weighted by Crippen LogP contribution is 2.71. The Bertz CT molecular complexity index is 949. The van der Waals surface area contributed by atoms with Crippen LogP contribution in [0.4, 0.5) is 0 Å². The van der Waals surface area contributed by atoms with Crippen LogP contribution in [0, 0.1) is 11.8 Å². The average Bonchev–Trinajstić information content (AvgIpc) is 3.33. The molecule has 3 aliphatic heterocycles. The van der Waals surface area contributed by atoms with E-state index in [2.05, 4.69) is 17.6 Å². The van der Waals surface area contributed by atoms with Gasteiger partial charge in [0, 0.05) is 30.0 Å². The van der Waals surface area contributed by atoms with Crippen LogP contribution in [0.2, 0.25) is 0 Å². The molecule has 2 unspecified atom stereocenters. The third kappa shape index (κ3) is 4.35. The summed E-state index contributed by atoms with van der Waals surface area (Å²) in [5, 5.41) is 15.4. The molecule has 0 aromatic heterocycles. The number of carbonyl (C=O) groups is 3. The van der Waals surface area contributed by atoms with Crippen molar-refractivity contribution in [1.29, 1.82) is 0 Å². The van der Waals surface area contributed by atoms with Crippen LogP contribution in [-0.4, -0.2) is 62.0 Å². The normalized spacial score (nSPS) is 32.1. The highest BCUT2D eigenvalue weighted by Gasteiger charge is 2.77. The second kappa shape index (κ2) is 9.19. The number of nitrogens with zero attached hydrogens (tertiary/aromatic N) is 1. The molecule has 1 aromatic carbocycles. The first-order chi connectivity index (χ1) is 16.0. The maximum atomic E-state index is 13.9. The van der Waals surface area contributed by atoms with E-state index in [-0.39, 0.29) is 29.1 Å². The lowest BCUT2D eigenvalue weighted by molar-refractivity contribution is -0.141. The topological polar surface area (TPSA) is 98.7 Å². The number of amides is 3. The molecule has 0 radical (unpaired) electrons. The van der Waals surface area contributed by atoms with Crippen LogP contribution in [0.3, 0.4) is 0 Å². The summed E-state index contributed by atoms with van der Waals surface area (Å²) in [4.78, 5) is 42.7. The zero-order valence-electron chi connectivity index (χ0n) is 20.6. The Morgan fingerprint density at radius 1 is 1.15 bits per heavy atom. The highest BCUT2D eigenvalue weighted by atomic mass is 32.2. The SMILES string of the molecule is CC(C)(C)NC(=O)C1N(CCCCO)C(=O)[C@@H]2[C@H](C(=O)NCc3ccccc3)[C@]3(C)CCC12S3. The molecule has 7 nitrogen and oxygen atoms in total. The summed E-state index contributed by atoms with van der Waals surface area (Å²) in [6.07, 6.45) is 2.73. The van der Waals surface area contributed by atoms with Crippen LogP contribution in [0.1, 0.15) is 58.9 Å². The van der Waals surface area contributed by atoms with Crippen molar-refractivity contribution in [2.45, 2.75) is 81.0 Å². The fourth-order valence-corrected chi connectivity index (χ4v) is 8.45. The van der Waals surface area contributed by atoms with E-state index in [1.165, 1.54) is 0 Å². The molecule has 3 amide bonds. The van der Waals surface area contributed by atoms with Gasteiger partial charge in [0.1, 0.15) is 6.04 Å². The molecule has 0 aliphatic carbocycles. The number of rotatable bonds is 8. The Labute approximate surface area is 206 Å². The molecule has 5 atom stereocenters. The van der Waals surface area contributed by atoms with Crippen molar-refractivity contribution in [3.63, 3.8) is 0 Å². The molecule has 0 saturated carbocycles. The van der Waals surface area contributed by atoms with E-state index in [1.807, 2.05) is 51.1 Å². The van der Waals surface area contributed by atoms with Crippen molar-refractivity contribution < 1.29 is 19.5 Å². The van der Waals surface area contributed by atoms with E-state index in [9.17, 15) is 19.5 Å². The molecule has 186 valence electrons. The van der Waals surface area contributed by atoms with Crippen LogP contribution >= 0.6 is 11.8 Å². The summed E-state index contributed by atoms with van der Waals surface area (Å²) in [5.74, 6) is -1.34. The molecule has 4 rings (SSSR count). The van der Waals surface area contributed by atoms with Gasteiger partial charge in [0.25, 0.3) is 0 Å². The Morgan fingerprint density at radius 3 is 2.50 bits per heavy atom. The zero-order chi connectivity index (χ0) is 24.7. The van der Waals surface area contributed by atoms with Gasteiger partial charge in [-0.1, -0.05) is 30.3 Å². The number of unbranched alkanes of at least 4 members (excludes halogenated alkanes) is 1. The number of carbonyl (C=O) groups excluding carboxylic acids is 3. The molecular weight excluding hydrogens is 450 g/mol. The number of hydrogen-bond donors (Lipinski definition) is 3. The number of fused-ring (bicyclic) bond motifs is 1. The van der Waals surface area contributed by atoms with Gasteiger partial charge in [-0.2, -0.15) is 0 Å². The average molecular weight is 488 g/mol. The molecule has 3 saturated heterocycles. The maximum absolute atomic E-state index is 13.9. The summed E-state index contributed by atoms with van der Waals surface area (Å²) >= 11 is 1.69. The highest BCUT2D eigenvalue weighted by molar-refractivity contribution is 8.02. The van der Waals surface area contributed by atoms with E-state index < -0.39 is 28.2 Å². The summed E-state index contributed by atoms with van der Waals surface area (Å²) in [6.45, 7) is 8.77. The number of aliphatic hydroxyl groups is 1. The van der Waals surface area contributed by atoms with E-state index in [0.717, 1.165) is 18.4 Å². The van der Waals surface area contributed by atoms with Crippen LogP contribution in [0.15, 0.2) is 30.3 Å². The lowest BCUT2D eigenvalue weighted by Gasteiger charge is -2.36. The Kier molecular flexibility index (Phi) is 6.77. The number of aliphatic hydroxyl groups excluding tert-OH is 1. The molecule has 1 spiro atoms. The number of nitrogens with one attached hydrogen (secondary N) is 2. The van der Waals surface area contributed by atoms with Crippen molar-refractivity contribution in [2.75, 3.05) is 13.2 Å². The van der Waals surface area contributed by atoms with Crippen molar-refractivity contribution in [3.05, 3.63) is 35.9 Å². The van der Waals surface area contributed by atoms with Crippen LogP contribution in [0.5, 0.6) is 0 Å². The van der Waals surface area contributed by atoms with E-state index in [1.54, 1.807) is 16.7 Å². The number of likely N-dealkylation sites (tertiary alicyclic amines) is 1. The smallest absolute Gasteiger partial charge is 0.244 e. The van der Waals surface area contributed by atoms with Crippen molar-refractivity contribution >= 4 is 29.5 Å². The lowest BCUT2D eigenvalue weighted by Crippen LogP contribution is -2.57. The second-order valence-corrected chi connectivity index (χ2v) is 13.0. The van der Waals surface area contributed by atoms with Gasteiger partial charge in [0.2, 0.25) is 17.7 Å². The third-order valence-electron chi connectivity index (χ3n) is 7.42. The maximum Gasteiger partial charge on any atom is 0.244 e. The van der Waals surface area contributed by atoms with Crippen LogP contribution < -0.4 is 10.6 Å². The Balaban J connectivity index is 1.63. The van der Waals surface area contributed by atoms with Gasteiger partial charge in [0.05, 0.1) is 16.6 Å². The van der Waals surface area contributed by atoms with Crippen molar-refractivity contribution in [1.82, 2.24) is 15.5 Å². The summed E-state index contributed by atoms with van der Waals surface area (Å²) in [7, 11) is 0. The summed E-state index contributed by atoms with van der Waals surface area (Å²) in [6, 6.07) is 9.14. The number of thioether (sulfide) groups is 1. The van der Waals surface area contributed by atoms with Gasteiger partial charge >= 0.3 is 0 Å². The fraction of sp³-hybridized carbons (Fsp3) is 0.654. The van der Waals surface area contributed by atoms with Gasteiger partial charge < -0.3 is 20.6 Å². The third-order valence-corrected chi connectivity index (χ3v) is 9.41. The minimum atomic E-state index is -0.610. The molecule has 2 bridgehead atoms. The van der Waals surface area contributed by atoms with E-state index >= 15 is 0 Å². The predicted molar refractivity (Wildman–Crippen MR) is 133 cm³/mol. The van der Waals surface area contributed by atoms with Crippen LogP contribution in [-0.2, 0) is 20.9 Å². The molecule has 3 N–H and O–H groups in total. The zero-order valence-corrected chi connectivity index (χ0v) is 21.4. The molecule has 3 fully saturated rings. The van der Waals surface area contributed by atoms with Gasteiger partial charge in [-0.25, -0.2) is 0 Å². The summed E-state index contributed by atoms with van der Waals surface area (Å²) in [5.41, 5.74) is 0.584. The molecule has 34 heavy (non-hydrogen) atoms. The number of hydrogen-bond acceptors (Lipinski definition) is 5. The first kappa shape index (κ1) is 25.0. The molecular formula is C26H37N3O4S. The second-order valence-electron chi connectivity index (χ2n) is 11.1. The van der Waals surface area contributed by atoms with Gasteiger partial charge in [-0.15, -0.1) is 11.8 Å². The minimum Gasteiger partial charge on any atom is -0.396 e. The quantitative estimate of drug-likeness (QED) is 0.490. The monoisotopic (exact) mass is 487 g/mol. The first-order valence-corrected chi connectivity index (χ1v) is 13.1. The minimum absolute atomic E-state index is 0.0484. The molecule has 8 heteroatoms. The lowest BCUT2D eigenvalue weighted by atomic mass is 9.66. The molecule has 1 aromatic rings. The Hall–Kier alpha value is -2.06. The van der Waals surface area contributed by atoms with Crippen molar-refractivity contribution in [3.8, 4) is 0 Å². The largest absolute Gasteiger partial charge is 0.396 e. The van der Waals surface area contributed by atoms with Gasteiger partial charge in [-0.3, -0.25) is 14.4 Å². The van der Waals surface area contributed by atoms with E-state index in [0.29, 0.717) is 25.9 Å². The summed E-state index contributed by atoms with van der Waals surface area (Å²) < 4.78 is -0.978. The molecule has 3 aliphatic rings. The van der Waals surface area contributed by atoms with Gasteiger partial charge in [0.15, 0.2) is 0 Å².